The third-order valence-electron chi connectivity index (χ3n) is 3.02. The van der Waals surface area contributed by atoms with Gasteiger partial charge in [-0.15, -0.1) is 0 Å². The second-order valence-corrected chi connectivity index (χ2v) is 4.71. The van der Waals surface area contributed by atoms with Crippen molar-refractivity contribution >= 4 is 28.5 Å². The molecule has 2 aromatic carbocycles. The van der Waals surface area contributed by atoms with Gasteiger partial charge in [-0.2, -0.15) is 0 Å². The molecule has 3 aromatic rings. The number of hydrogen-bond acceptors (Lipinski definition) is 1. The van der Waals surface area contributed by atoms with Crippen molar-refractivity contribution in [3.8, 4) is 11.1 Å². The van der Waals surface area contributed by atoms with Gasteiger partial charge in [0.1, 0.15) is 5.69 Å². The Labute approximate surface area is 114 Å². The Morgan fingerprint density at radius 2 is 1.84 bits per heavy atom. The Hall–Kier alpha value is -2.26. The monoisotopic (exact) mass is 271 g/mol. The summed E-state index contributed by atoms with van der Waals surface area (Å²) in [5.74, 6) is -0.980. The number of carbonyl (C=O) groups is 1. The lowest BCUT2D eigenvalue weighted by Crippen LogP contribution is -1.94. The van der Waals surface area contributed by atoms with Gasteiger partial charge in [-0.25, -0.2) is 4.79 Å². The molecule has 2 N–H and O–H groups in total. The van der Waals surface area contributed by atoms with Crippen molar-refractivity contribution in [1.82, 2.24) is 4.98 Å². The van der Waals surface area contributed by atoms with Crippen LogP contribution < -0.4 is 0 Å². The van der Waals surface area contributed by atoms with E-state index in [-0.39, 0.29) is 5.69 Å². The Kier molecular flexibility index (Phi) is 2.76. The topological polar surface area (TPSA) is 53.1 Å². The van der Waals surface area contributed by atoms with E-state index in [1.807, 2.05) is 36.4 Å². The number of fused-ring (bicyclic) bond motifs is 1. The standard InChI is InChI=1S/C15H10ClNO2/c16-10-6-11(9-4-2-1-3-5-9)12-8-14(15(18)19)17-13(12)7-10/h1-8,17H,(H,18,19). The Balaban J connectivity index is 2.32. The van der Waals surface area contributed by atoms with Crippen LogP contribution in [0.25, 0.3) is 22.0 Å². The second-order valence-electron chi connectivity index (χ2n) is 4.27. The lowest BCUT2D eigenvalue weighted by atomic mass is 10.0. The van der Waals surface area contributed by atoms with Gasteiger partial charge in [-0.3, -0.25) is 0 Å². The van der Waals surface area contributed by atoms with Crippen LogP contribution in [0.2, 0.25) is 5.02 Å². The first-order valence-corrected chi connectivity index (χ1v) is 6.14. The predicted octanol–water partition coefficient (Wildman–Crippen LogP) is 4.19. The number of aromatic nitrogens is 1. The fourth-order valence-corrected chi connectivity index (χ4v) is 2.39. The van der Waals surface area contributed by atoms with Crippen LogP contribution >= 0.6 is 11.6 Å². The molecule has 0 bridgehead atoms. The molecule has 4 heteroatoms. The molecule has 0 aliphatic rings. The molecule has 0 unspecified atom stereocenters. The number of rotatable bonds is 2. The van der Waals surface area contributed by atoms with E-state index in [9.17, 15) is 4.79 Å². The van der Waals surface area contributed by atoms with Crippen molar-refractivity contribution in [3.63, 3.8) is 0 Å². The summed E-state index contributed by atoms with van der Waals surface area (Å²) in [6.07, 6.45) is 0. The van der Waals surface area contributed by atoms with E-state index in [0.29, 0.717) is 5.02 Å². The molecule has 94 valence electrons. The zero-order chi connectivity index (χ0) is 13.4. The van der Waals surface area contributed by atoms with Gasteiger partial charge in [0.15, 0.2) is 0 Å². The van der Waals surface area contributed by atoms with Crippen LogP contribution in [0.5, 0.6) is 0 Å². The van der Waals surface area contributed by atoms with E-state index in [2.05, 4.69) is 4.98 Å². The summed E-state index contributed by atoms with van der Waals surface area (Å²) in [4.78, 5) is 13.9. The molecule has 0 aliphatic heterocycles. The van der Waals surface area contributed by atoms with E-state index < -0.39 is 5.97 Å². The van der Waals surface area contributed by atoms with E-state index in [0.717, 1.165) is 22.0 Å². The zero-order valence-electron chi connectivity index (χ0n) is 9.85. The molecule has 0 amide bonds. The second kappa shape index (κ2) is 4.44. The molecule has 0 saturated carbocycles. The molecule has 3 nitrogen and oxygen atoms in total. The van der Waals surface area contributed by atoms with Crippen LogP contribution in [0, 0.1) is 0 Å². The summed E-state index contributed by atoms with van der Waals surface area (Å²) in [7, 11) is 0. The maximum absolute atomic E-state index is 11.0. The number of carboxylic acid groups (broad SMARTS) is 1. The van der Waals surface area contributed by atoms with E-state index in [4.69, 9.17) is 16.7 Å². The average Bonchev–Trinajstić information content (AvgIpc) is 2.82. The highest BCUT2D eigenvalue weighted by Crippen LogP contribution is 2.32. The number of H-pyrrole nitrogens is 1. The van der Waals surface area contributed by atoms with Gasteiger partial charge in [-0.1, -0.05) is 41.9 Å². The fraction of sp³-hybridized carbons (Fsp3) is 0. The number of halogens is 1. The quantitative estimate of drug-likeness (QED) is 0.734. The first kappa shape index (κ1) is 11.8. The predicted molar refractivity (Wildman–Crippen MR) is 75.7 cm³/mol. The third kappa shape index (κ3) is 2.09. The highest BCUT2D eigenvalue weighted by molar-refractivity contribution is 6.32. The molecule has 0 aliphatic carbocycles. The van der Waals surface area contributed by atoms with E-state index in [1.165, 1.54) is 0 Å². The number of hydrogen-bond donors (Lipinski definition) is 2. The van der Waals surface area contributed by atoms with Gasteiger partial charge in [0.25, 0.3) is 0 Å². The number of aromatic amines is 1. The third-order valence-corrected chi connectivity index (χ3v) is 3.24. The first-order chi connectivity index (χ1) is 9.15. The first-order valence-electron chi connectivity index (χ1n) is 5.76. The average molecular weight is 272 g/mol. The van der Waals surface area contributed by atoms with Crippen LogP contribution in [0.15, 0.2) is 48.5 Å². The van der Waals surface area contributed by atoms with Crippen LogP contribution in [-0.2, 0) is 0 Å². The molecule has 0 atom stereocenters. The highest BCUT2D eigenvalue weighted by atomic mass is 35.5. The fourth-order valence-electron chi connectivity index (χ4n) is 2.17. The summed E-state index contributed by atoms with van der Waals surface area (Å²) in [6.45, 7) is 0. The minimum absolute atomic E-state index is 0.162. The van der Waals surface area contributed by atoms with Gasteiger partial charge >= 0.3 is 5.97 Å². The Bertz CT molecular complexity index is 762. The van der Waals surface area contributed by atoms with Crippen molar-refractivity contribution in [2.45, 2.75) is 0 Å². The van der Waals surface area contributed by atoms with Gasteiger partial charge in [0.05, 0.1) is 0 Å². The molecule has 19 heavy (non-hydrogen) atoms. The molecule has 1 heterocycles. The van der Waals surface area contributed by atoms with E-state index in [1.54, 1.807) is 12.1 Å². The smallest absolute Gasteiger partial charge is 0.352 e. The summed E-state index contributed by atoms with van der Waals surface area (Å²) in [6, 6.07) is 15.0. The molecule has 0 saturated heterocycles. The summed E-state index contributed by atoms with van der Waals surface area (Å²) in [5, 5.41) is 10.5. The van der Waals surface area contributed by atoms with Crippen molar-refractivity contribution in [3.05, 3.63) is 59.2 Å². The van der Waals surface area contributed by atoms with Crippen molar-refractivity contribution in [1.29, 1.82) is 0 Å². The molecule has 0 radical (unpaired) electrons. The Morgan fingerprint density at radius 1 is 1.11 bits per heavy atom. The minimum Gasteiger partial charge on any atom is -0.477 e. The summed E-state index contributed by atoms with van der Waals surface area (Å²) in [5.41, 5.74) is 2.82. The molecular formula is C15H10ClNO2. The zero-order valence-corrected chi connectivity index (χ0v) is 10.6. The van der Waals surface area contributed by atoms with Crippen molar-refractivity contribution in [2.75, 3.05) is 0 Å². The minimum atomic E-state index is -0.980. The van der Waals surface area contributed by atoms with Crippen LogP contribution in [0.1, 0.15) is 10.5 Å². The molecule has 1 aromatic heterocycles. The molecule has 0 spiro atoms. The highest BCUT2D eigenvalue weighted by Gasteiger charge is 2.12. The van der Waals surface area contributed by atoms with Crippen LogP contribution in [0.3, 0.4) is 0 Å². The largest absolute Gasteiger partial charge is 0.477 e. The normalized spacial score (nSPS) is 10.8. The molecule has 3 rings (SSSR count). The van der Waals surface area contributed by atoms with Gasteiger partial charge < -0.3 is 10.1 Å². The number of aromatic carboxylic acids is 1. The number of carboxylic acids is 1. The lowest BCUT2D eigenvalue weighted by molar-refractivity contribution is 0.0691. The van der Waals surface area contributed by atoms with Gasteiger partial charge in [-0.05, 0) is 29.3 Å². The number of benzene rings is 2. The maximum Gasteiger partial charge on any atom is 0.352 e. The summed E-state index contributed by atoms with van der Waals surface area (Å²) >= 11 is 6.10. The van der Waals surface area contributed by atoms with Crippen molar-refractivity contribution in [2.24, 2.45) is 0 Å². The Morgan fingerprint density at radius 3 is 2.53 bits per heavy atom. The van der Waals surface area contributed by atoms with Crippen molar-refractivity contribution < 1.29 is 9.90 Å². The SMILES string of the molecule is O=C(O)c1cc2c(-c3ccccc3)cc(Cl)cc2[nH]1. The van der Waals surface area contributed by atoms with E-state index >= 15 is 0 Å². The summed E-state index contributed by atoms with van der Waals surface area (Å²) < 4.78 is 0. The number of nitrogens with one attached hydrogen (secondary N) is 1. The van der Waals surface area contributed by atoms with Gasteiger partial charge in [0.2, 0.25) is 0 Å². The maximum atomic E-state index is 11.0. The lowest BCUT2D eigenvalue weighted by Gasteiger charge is -2.04. The molecule has 0 fully saturated rings. The molecular weight excluding hydrogens is 262 g/mol. The van der Waals surface area contributed by atoms with Crippen LogP contribution in [-0.4, -0.2) is 16.1 Å². The van der Waals surface area contributed by atoms with Gasteiger partial charge in [0, 0.05) is 15.9 Å². The van der Waals surface area contributed by atoms with Crippen LogP contribution in [0.4, 0.5) is 0 Å².